The normalized spacial score (nSPS) is 11.9. The minimum Gasteiger partial charge on any atom is -0.310 e. The minimum absolute atomic E-state index is 1.03. The Balaban J connectivity index is 0.00000303. The van der Waals surface area contributed by atoms with Gasteiger partial charge in [-0.1, -0.05) is 204 Å². The zero-order valence-electron chi connectivity index (χ0n) is 48.7. The number of hydrogen-bond donors (Lipinski definition) is 0. The molecule has 408 valence electrons. The lowest BCUT2D eigenvalue weighted by Crippen LogP contribution is -2.10. The predicted molar refractivity (Wildman–Crippen MR) is 369 cm³/mol. The van der Waals surface area contributed by atoms with E-state index in [-0.39, 0.29) is 0 Å². The van der Waals surface area contributed by atoms with Gasteiger partial charge in [-0.2, -0.15) is 0 Å². The van der Waals surface area contributed by atoms with Crippen molar-refractivity contribution in [2.24, 2.45) is 0 Å². The Bertz CT molecular complexity index is 5360. The van der Waals surface area contributed by atoms with Crippen molar-refractivity contribution in [3.8, 4) is 17.1 Å². The molecule has 0 aliphatic carbocycles. The van der Waals surface area contributed by atoms with Gasteiger partial charge in [0, 0.05) is 82.6 Å². The van der Waals surface area contributed by atoms with Gasteiger partial charge in [-0.05, 0) is 160 Å². The molecule has 0 fully saturated rings. The molecule has 0 spiro atoms. The van der Waals surface area contributed by atoms with Crippen LogP contribution in [0.3, 0.4) is 0 Å². The molecule has 0 aliphatic heterocycles. The summed E-state index contributed by atoms with van der Waals surface area (Å²) in [6, 6.07) is 90.4. The van der Waals surface area contributed by atoms with Crippen LogP contribution >= 0.6 is 0 Å². The molecule has 0 amide bonds. The van der Waals surface area contributed by atoms with E-state index >= 15 is 0 Å². The van der Waals surface area contributed by atoms with Crippen molar-refractivity contribution >= 4 is 138 Å². The second-order valence-corrected chi connectivity index (χ2v) is 22.3. The van der Waals surface area contributed by atoms with E-state index in [1.807, 2.05) is 19.9 Å². The number of anilines is 3. The molecule has 0 aliphatic rings. The maximum atomic E-state index is 4.35. The monoisotopic (exact) mass is 1090 g/mol. The van der Waals surface area contributed by atoms with Crippen LogP contribution in [-0.4, -0.2) is 13.7 Å². The second-order valence-electron chi connectivity index (χ2n) is 22.3. The molecule has 0 radical (unpaired) electrons. The predicted octanol–water partition coefficient (Wildman–Crippen LogP) is 23.0. The summed E-state index contributed by atoms with van der Waals surface area (Å²) in [5.41, 5.74) is 18.8. The second kappa shape index (κ2) is 20.8. The molecule has 0 atom stereocenters. The van der Waals surface area contributed by atoms with Crippen molar-refractivity contribution in [3.05, 3.63) is 278 Å². The van der Waals surface area contributed by atoms with Crippen molar-refractivity contribution in [3.63, 3.8) is 0 Å². The van der Waals surface area contributed by atoms with Crippen LogP contribution in [0, 0.1) is 6.92 Å². The van der Waals surface area contributed by atoms with Gasteiger partial charge in [-0.25, -0.2) is 0 Å². The molecule has 16 rings (SSSR count). The minimum atomic E-state index is 1.03. The molecule has 85 heavy (non-hydrogen) atoms. The van der Waals surface area contributed by atoms with Crippen LogP contribution in [0.4, 0.5) is 17.1 Å². The van der Waals surface area contributed by atoms with Crippen LogP contribution < -0.4 is 4.90 Å². The zero-order valence-corrected chi connectivity index (χ0v) is 48.7. The topological polar surface area (TPSA) is 18.0 Å². The number of aryl methyl sites for hydroxylation is 2. The van der Waals surface area contributed by atoms with Gasteiger partial charge < -0.3 is 18.6 Å². The first-order valence-corrected chi connectivity index (χ1v) is 30.1. The number of benzene rings is 13. The zero-order chi connectivity index (χ0) is 57.4. The summed E-state index contributed by atoms with van der Waals surface area (Å²) in [5.74, 6) is 0. The third-order valence-corrected chi connectivity index (χ3v) is 17.7. The molecule has 0 unspecified atom stereocenters. The highest BCUT2D eigenvalue weighted by atomic mass is 15.1. The van der Waals surface area contributed by atoms with E-state index in [1.165, 1.54) is 114 Å². The highest BCUT2D eigenvalue weighted by Crippen LogP contribution is 2.45. The first-order chi connectivity index (χ1) is 42.0. The van der Waals surface area contributed by atoms with Crippen LogP contribution in [0.1, 0.15) is 56.4 Å². The third kappa shape index (κ3) is 7.96. The van der Waals surface area contributed by atoms with Gasteiger partial charge in [0.2, 0.25) is 0 Å². The number of rotatable bonds is 10. The summed E-state index contributed by atoms with van der Waals surface area (Å²) in [5, 5.41) is 17.5. The molecule has 0 saturated heterocycles. The van der Waals surface area contributed by atoms with Crippen LogP contribution in [0.25, 0.3) is 138 Å². The van der Waals surface area contributed by atoms with Crippen LogP contribution in [-0.2, 0) is 6.42 Å². The average Bonchev–Trinajstić information content (AvgIpc) is 1.88. The average molecular weight is 1090 g/mol. The smallest absolute Gasteiger partial charge is 0.0619 e. The summed E-state index contributed by atoms with van der Waals surface area (Å²) < 4.78 is 7.45. The van der Waals surface area contributed by atoms with Gasteiger partial charge >= 0.3 is 0 Å². The van der Waals surface area contributed by atoms with Crippen molar-refractivity contribution in [2.75, 3.05) is 4.90 Å². The maximum absolute atomic E-state index is 4.35. The van der Waals surface area contributed by atoms with Gasteiger partial charge in [0.1, 0.15) is 0 Å². The van der Waals surface area contributed by atoms with Crippen molar-refractivity contribution in [2.45, 2.75) is 47.5 Å². The number of hydrogen-bond acceptors (Lipinski definition) is 1. The summed E-state index contributed by atoms with van der Waals surface area (Å²) in [4.78, 5) is 2.41. The molecular weight excluding hydrogens is 1030 g/mol. The number of fused-ring (bicyclic) bond motifs is 17. The van der Waals surface area contributed by atoms with Gasteiger partial charge in [0.05, 0.1) is 33.1 Å². The Morgan fingerprint density at radius 3 is 1.22 bits per heavy atom. The number of nitrogens with zero attached hydrogens (tertiary/aromatic N) is 4. The van der Waals surface area contributed by atoms with Crippen molar-refractivity contribution in [1.82, 2.24) is 13.7 Å². The van der Waals surface area contributed by atoms with E-state index in [1.54, 1.807) is 0 Å². The van der Waals surface area contributed by atoms with E-state index in [9.17, 15) is 0 Å². The Labute approximate surface area is 495 Å². The summed E-state index contributed by atoms with van der Waals surface area (Å²) in [6.45, 7) is 15.0. The highest BCUT2D eigenvalue weighted by Gasteiger charge is 2.23. The van der Waals surface area contributed by atoms with E-state index in [4.69, 9.17) is 0 Å². The lowest BCUT2D eigenvalue weighted by Gasteiger charge is -2.26. The molecule has 0 N–H and O–H groups in total. The molecule has 3 heterocycles. The first-order valence-electron chi connectivity index (χ1n) is 30.1. The van der Waals surface area contributed by atoms with Gasteiger partial charge in [0.15, 0.2) is 0 Å². The third-order valence-electron chi connectivity index (χ3n) is 17.7. The van der Waals surface area contributed by atoms with Crippen molar-refractivity contribution < 1.29 is 0 Å². The Morgan fingerprint density at radius 2 is 0.765 bits per heavy atom. The fraction of sp³-hybridized carbons (Fsp3) is 0.0864. The maximum Gasteiger partial charge on any atom is 0.0619 e. The number of aromatic nitrogens is 3. The Morgan fingerprint density at radius 1 is 0.388 bits per heavy atom. The molecule has 0 saturated carbocycles. The van der Waals surface area contributed by atoms with E-state index in [2.05, 4.69) is 301 Å². The molecular formula is C81H64N4. The highest BCUT2D eigenvalue weighted by molar-refractivity contribution is 6.26. The lowest BCUT2D eigenvalue weighted by atomic mass is 9.97. The molecule has 13 aromatic carbocycles. The van der Waals surface area contributed by atoms with Gasteiger partial charge in [0.25, 0.3) is 0 Å². The molecule has 0 bridgehead atoms. The van der Waals surface area contributed by atoms with Gasteiger partial charge in [-0.3, -0.25) is 0 Å². The molecule has 3 aromatic heterocycles. The van der Waals surface area contributed by atoms with Crippen LogP contribution in [0.2, 0.25) is 0 Å². The van der Waals surface area contributed by atoms with E-state index in [0.29, 0.717) is 0 Å². The van der Waals surface area contributed by atoms with Gasteiger partial charge in [-0.15, -0.1) is 0 Å². The molecule has 4 heteroatoms. The molecule has 4 nitrogen and oxygen atoms in total. The largest absolute Gasteiger partial charge is 0.310 e. The van der Waals surface area contributed by atoms with Crippen molar-refractivity contribution in [1.29, 1.82) is 0 Å². The summed E-state index contributed by atoms with van der Waals surface area (Å²) in [7, 11) is 0. The standard InChI is InChI=1S/C79H58N4.C2H6/c1-5-16-51-30-48-72-74(62(51)7-3)68-44-27-53-19-9-13-23-65(53)77(68)82(72)60-40-34-57(35-41-60)80(56-32-38-59(39-33-56)81-71-47-26-50(4)63(17-6-2)75(71)69-45-28-54-20-10-14-24-66(54)78(69)81)58-36-42-61(43-37-58)83-73-49-31-52-18-8-12-22-64(52)76(73)70-46-29-55-21-11-15-25-67(55)79(70)83;1-2/h5,7-16,18-49H,3,6,17H2,1-2,4H3;1-2H3/b16-5-;. The van der Waals surface area contributed by atoms with E-state index in [0.717, 1.165) is 63.6 Å². The van der Waals surface area contributed by atoms with Crippen LogP contribution in [0.15, 0.2) is 255 Å². The van der Waals surface area contributed by atoms with E-state index < -0.39 is 0 Å². The SMILES string of the molecule is C=Cc1c(/C=C\C)ccc2c1c1ccc3ccccc3c1n2-c1ccc(N(c2ccc(-n3c4ccc(C)c(CCC)c4c4ccc5ccccc5c43)cc2)c2ccc(-n3c4ccc5ccccc5c4c4ccc5ccccc5c43)cc2)cc1.CC. The first kappa shape index (κ1) is 51.5. The summed E-state index contributed by atoms with van der Waals surface area (Å²) >= 11 is 0. The Kier molecular flexibility index (Phi) is 12.6. The molecule has 16 aromatic rings. The quantitative estimate of drug-likeness (QED) is 0.133. The fourth-order valence-corrected chi connectivity index (χ4v) is 14.1. The number of allylic oxidation sites excluding steroid dienone is 1. The lowest BCUT2D eigenvalue weighted by molar-refractivity contribution is 0.921. The van der Waals surface area contributed by atoms with Crippen LogP contribution in [0.5, 0.6) is 0 Å². The summed E-state index contributed by atoms with van der Waals surface area (Å²) in [6.07, 6.45) is 8.44. The fourth-order valence-electron chi connectivity index (χ4n) is 14.1. The Hall–Kier alpha value is -10.4.